The molecule has 0 aromatic heterocycles. The van der Waals surface area contributed by atoms with Crippen molar-refractivity contribution in [2.45, 2.75) is 12.8 Å². The van der Waals surface area contributed by atoms with Gasteiger partial charge in [-0.1, -0.05) is 12.1 Å². The Bertz CT molecular complexity index is 768. The third-order valence-corrected chi connectivity index (χ3v) is 4.49. The van der Waals surface area contributed by atoms with Crippen molar-refractivity contribution < 1.29 is 14.3 Å². The molecule has 0 radical (unpaired) electrons. The number of piperidine rings is 1. The van der Waals surface area contributed by atoms with Crippen LogP contribution in [0.15, 0.2) is 48.5 Å². The van der Waals surface area contributed by atoms with E-state index in [0.717, 1.165) is 31.7 Å². The normalized spacial score (nSPS) is 14.5. The third-order valence-electron chi connectivity index (χ3n) is 4.49. The Kier molecular flexibility index (Phi) is 5.86. The first-order chi connectivity index (χ1) is 12.7. The van der Waals surface area contributed by atoms with Crippen molar-refractivity contribution in [3.05, 3.63) is 54.1 Å². The molecule has 0 saturated carbocycles. The van der Waals surface area contributed by atoms with Gasteiger partial charge in [0.25, 0.3) is 5.91 Å². The van der Waals surface area contributed by atoms with E-state index in [1.165, 1.54) is 0 Å². The molecule has 0 unspecified atom stereocenters. The maximum absolute atomic E-state index is 12.6. The van der Waals surface area contributed by atoms with E-state index in [2.05, 4.69) is 16.0 Å². The Labute approximate surface area is 152 Å². The molecule has 0 aliphatic carbocycles. The van der Waals surface area contributed by atoms with E-state index < -0.39 is 0 Å². The highest BCUT2D eigenvalue weighted by Gasteiger charge is 2.22. The van der Waals surface area contributed by atoms with Crippen LogP contribution in [-0.2, 0) is 4.79 Å². The Morgan fingerprint density at radius 1 is 1.00 bits per heavy atom. The van der Waals surface area contributed by atoms with Crippen LogP contribution in [0.2, 0.25) is 0 Å². The molecule has 2 aromatic rings. The van der Waals surface area contributed by atoms with E-state index in [4.69, 9.17) is 4.74 Å². The summed E-state index contributed by atoms with van der Waals surface area (Å²) >= 11 is 0. The van der Waals surface area contributed by atoms with E-state index >= 15 is 0 Å². The van der Waals surface area contributed by atoms with Gasteiger partial charge in [0.15, 0.2) is 0 Å². The molecule has 1 fully saturated rings. The van der Waals surface area contributed by atoms with Crippen LogP contribution >= 0.6 is 0 Å². The summed E-state index contributed by atoms with van der Waals surface area (Å²) < 4.78 is 5.11. The summed E-state index contributed by atoms with van der Waals surface area (Å²) in [6.07, 6.45) is 1.62. The van der Waals surface area contributed by atoms with Crippen molar-refractivity contribution in [2.24, 2.45) is 5.92 Å². The first-order valence-corrected chi connectivity index (χ1v) is 8.73. The molecule has 6 nitrogen and oxygen atoms in total. The van der Waals surface area contributed by atoms with Gasteiger partial charge in [0.1, 0.15) is 5.75 Å². The smallest absolute Gasteiger partial charge is 0.257 e. The summed E-state index contributed by atoms with van der Waals surface area (Å²) in [5.41, 5.74) is 1.63. The van der Waals surface area contributed by atoms with Gasteiger partial charge in [0.05, 0.1) is 18.4 Å². The molecule has 1 heterocycles. The molecule has 26 heavy (non-hydrogen) atoms. The van der Waals surface area contributed by atoms with Gasteiger partial charge in [0.2, 0.25) is 5.91 Å². The highest BCUT2D eigenvalue weighted by molar-refractivity contribution is 6.10. The predicted molar refractivity (Wildman–Crippen MR) is 102 cm³/mol. The molecule has 1 aliphatic rings. The molecular weight excluding hydrogens is 330 g/mol. The van der Waals surface area contributed by atoms with Crippen LogP contribution < -0.4 is 20.7 Å². The van der Waals surface area contributed by atoms with Crippen LogP contribution in [0.25, 0.3) is 0 Å². The topological polar surface area (TPSA) is 79.5 Å². The lowest BCUT2D eigenvalue weighted by atomic mass is 9.97. The SMILES string of the molecule is COc1ccc(NC(=O)c2ccccc2NC(=O)C2CCNCC2)cc1. The lowest BCUT2D eigenvalue weighted by molar-refractivity contribution is -0.120. The average molecular weight is 353 g/mol. The van der Waals surface area contributed by atoms with Gasteiger partial charge in [-0.05, 0) is 62.3 Å². The fourth-order valence-corrected chi connectivity index (χ4v) is 2.98. The van der Waals surface area contributed by atoms with Gasteiger partial charge < -0.3 is 20.7 Å². The van der Waals surface area contributed by atoms with Gasteiger partial charge in [-0.15, -0.1) is 0 Å². The molecule has 3 rings (SSSR count). The number of ether oxygens (including phenoxy) is 1. The van der Waals surface area contributed by atoms with E-state index in [-0.39, 0.29) is 17.7 Å². The number of nitrogens with one attached hydrogen (secondary N) is 3. The summed E-state index contributed by atoms with van der Waals surface area (Å²) in [6.45, 7) is 1.69. The van der Waals surface area contributed by atoms with Gasteiger partial charge in [-0.2, -0.15) is 0 Å². The van der Waals surface area contributed by atoms with Crippen LogP contribution in [-0.4, -0.2) is 32.0 Å². The molecule has 3 N–H and O–H groups in total. The highest BCUT2D eigenvalue weighted by atomic mass is 16.5. The van der Waals surface area contributed by atoms with Crippen LogP contribution in [0.3, 0.4) is 0 Å². The Hall–Kier alpha value is -2.86. The summed E-state index contributed by atoms with van der Waals surface area (Å²) in [7, 11) is 1.59. The second-order valence-electron chi connectivity index (χ2n) is 6.24. The summed E-state index contributed by atoms with van der Waals surface area (Å²) in [6, 6.07) is 14.1. The number of para-hydroxylation sites is 1. The lowest BCUT2D eigenvalue weighted by Crippen LogP contribution is -2.35. The van der Waals surface area contributed by atoms with Crippen molar-refractivity contribution in [1.82, 2.24) is 5.32 Å². The van der Waals surface area contributed by atoms with Gasteiger partial charge in [-0.25, -0.2) is 0 Å². The molecule has 0 spiro atoms. The first kappa shape index (κ1) is 17.9. The lowest BCUT2D eigenvalue weighted by Gasteiger charge is -2.22. The second-order valence-corrected chi connectivity index (χ2v) is 6.24. The maximum Gasteiger partial charge on any atom is 0.257 e. The summed E-state index contributed by atoms with van der Waals surface area (Å²) in [5, 5.41) is 9.01. The number of hydrogen-bond donors (Lipinski definition) is 3. The van der Waals surface area contributed by atoms with E-state index in [1.54, 1.807) is 49.6 Å². The van der Waals surface area contributed by atoms with Gasteiger partial charge >= 0.3 is 0 Å². The maximum atomic E-state index is 12.6. The summed E-state index contributed by atoms with van der Waals surface area (Å²) in [4.78, 5) is 25.1. The molecule has 1 saturated heterocycles. The number of carbonyl (C=O) groups is 2. The van der Waals surface area contributed by atoms with E-state index in [0.29, 0.717) is 16.9 Å². The van der Waals surface area contributed by atoms with Crippen LogP contribution in [0.4, 0.5) is 11.4 Å². The number of rotatable bonds is 5. The molecule has 0 bridgehead atoms. The first-order valence-electron chi connectivity index (χ1n) is 8.73. The van der Waals surface area contributed by atoms with Crippen molar-refractivity contribution in [3.8, 4) is 5.75 Å². The zero-order valence-corrected chi connectivity index (χ0v) is 14.7. The quantitative estimate of drug-likeness (QED) is 0.772. The largest absolute Gasteiger partial charge is 0.497 e. The van der Waals surface area contributed by atoms with E-state index in [9.17, 15) is 9.59 Å². The van der Waals surface area contributed by atoms with Crippen LogP contribution in [0, 0.1) is 5.92 Å². The zero-order chi connectivity index (χ0) is 18.4. The second kappa shape index (κ2) is 8.49. The van der Waals surface area contributed by atoms with Crippen LogP contribution in [0.1, 0.15) is 23.2 Å². The average Bonchev–Trinajstić information content (AvgIpc) is 2.69. The minimum absolute atomic E-state index is 0.0195. The predicted octanol–water partition coefficient (Wildman–Crippen LogP) is 2.89. The Morgan fingerprint density at radius 2 is 1.69 bits per heavy atom. The standard InChI is InChI=1S/C20H23N3O3/c1-26-16-8-6-15(7-9-16)22-20(25)17-4-2-3-5-18(17)23-19(24)14-10-12-21-13-11-14/h2-9,14,21H,10-13H2,1H3,(H,22,25)(H,23,24). The number of anilines is 2. The number of carbonyl (C=O) groups excluding carboxylic acids is 2. The molecule has 1 aliphatic heterocycles. The fourth-order valence-electron chi connectivity index (χ4n) is 2.98. The number of methoxy groups -OCH3 is 1. The van der Waals surface area contributed by atoms with Gasteiger partial charge in [-0.3, -0.25) is 9.59 Å². The molecule has 2 aromatic carbocycles. The zero-order valence-electron chi connectivity index (χ0n) is 14.7. The fraction of sp³-hybridized carbons (Fsp3) is 0.300. The monoisotopic (exact) mass is 353 g/mol. The van der Waals surface area contributed by atoms with Crippen molar-refractivity contribution in [1.29, 1.82) is 0 Å². The molecule has 2 amide bonds. The van der Waals surface area contributed by atoms with Crippen LogP contribution in [0.5, 0.6) is 5.75 Å². The summed E-state index contributed by atoms with van der Waals surface area (Å²) in [5.74, 6) is 0.402. The molecule has 136 valence electrons. The molecule has 6 heteroatoms. The number of benzene rings is 2. The van der Waals surface area contributed by atoms with Gasteiger partial charge in [0, 0.05) is 11.6 Å². The minimum atomic E-state index is -0.267. The number of amides is 2. The molecular formula is C20H23N3O3. The third kappa shape index (κ3) is 4.40. The van der Waals surface area contributed by atoms with Crippen molar-refractivity contribution >= 4 is 23.2 Å². The Morgan fingerprint density at radius 3 is 2.38 bits per heavy atom. The van der Waals surface area contributed by atoms with E-state index in [1.807, 2.05) is 6.07 Å². The highest BCUT2D eigenvalue weighted by Crippen LogP contribution is 2.21. The Balaban J connectivity index is 1.70. The van der Waals surface area contributed by atoms with Crippen molar-refractivity contribution in [3.63, 3.8) is 0 Å². The minimum Gasteiger partial charge on any atom is -0.497 e. The van der Waals surface area contributed by atoms with Crippen molar-refractivity contribution in [2.75, 3.05) is 30.8 Å². The molecule has 0 atom stereocenters. The number of hydrogen-bond acceptors (Lipinski definition) is 4.